The van der Waals surface area contributed by atoms with Crippen LogP contribution in [0.2, 0.25) is 0 Å². The molecule has 0 aromatic carbocycles. The minimum absolute atomic E-state index is 0.208. The first-order valence-electron chi connectivity index (χ1n) is 9.11. The second kappa shape index (κ2) is 7.43. The minimum atomic E-state index is -0.756. The quantitative estimate of drug-likeness (QED) is 0.463. The van der Waals surface area contributed by atoms with Gasteiger partial charge in [0, 0.05) is 5.25 Å². The standard InChI is InChI=1S/C18H30ClFS/c19-18-16(2-1-3-17(18)20)14-6-4-12(5-7-14)13-8-10-15(21)11-9-13/h12-18,21H,1-11H2. The molecule has 3 heteroatoms. The van der Waals surface area contributed by atoms with Crippen molar-refractivity contribution in [1.82, 2.24) is 0 Å². The van der Waals surface area contributed by atoms with Crippen LogP contribution in [-0.2, 0) is 0 Å². The van der Waals surface area contributed by atoms with E-state index in [1.165, 1.54) is 51.4 Å². The lowest BCUT2D eigenvalue weighted by Crippen LogP contribution is -2.37. The molecule has 3 rings (SSSR count). The Morgan fingerprint density at radius 1 is 0.714 bits per heavy atom. The molecule has 3 saturated carbocycles. The van der Waals surface area contributed by atoms with Crippen molar-refractivity contribution in [2.24, 2.45) is 23.7 Å². The van der Waals surface area contributed by atoms with Crippen LogP contribution in [0.4, 0.5) is 4.39 Å². The fraction of sp³-hybridized carbons (Fsp3) is 1.00. The third-order valence-corrected chi connectivity index (χ3v) is 7.72. The van der Waals surface area contributed by atoms with E-state index in [0.717, 1.165) is 24.7 Å². The highest BCUT2D eigenvalue weighted by atomic mass is 35.5. The predicted octanol–water partition coefficient (Wildman–Crippen LogP) is 6.03. The SMILES string of the molecule is FC1CCCC(C2CCC(C3CCC(S)CC3)CC2)C1Cl. The van der Waals surface area contributed by atoms with Gasteiger partial charge in [0.1, 0.15) is 6.17 Å². The second-order valence-electron chi connectivity index (χ2n) is 7.80. The van der Waals surface area contributed by atoms with Crippen LogP contribution in [0, 0.1) is 23.7 Å². The van der Waals surface area contributed by atoms with Gasteiger partial charge < -0.3 is 0 Å². The Morgan fingerprint density at radius 3 is 1.86 bits per heavy atom. The Morgan fingerprint density at radius 2 is 1.24 bits per heavy atom. The van der Waals surface area contributed by atoms with Gasteiger partial charge in [0.2, 0.25) is 0 Å². The molecule has 0 N–H and O–H groups in total. The lowest BCUT2D eigenvalue weighted by atomic mass is 9.66. The summed E-state index contributed by atoms with van der Waals surface area (Å²) in [6.45, 7) is 0. The van der Waals surface area contributed by atoms with Gasteiger partial charge in [0.05, 0.1) is 5.38 Å². The lowest BCUT2D eigenvalue weighted by Gasteiger charge is -2.42. The fourth-order valence-electron chi connectivity index (χ4n) is 5.25. The molecule has 0 aliphatic heterocycles. The average molecular weight is 333 g/mol. The van der Waals surface area contributed by atoms with Crippen LogP contribution in [0.15, 0.2) is 0 Å². The molecule has 21 heavy (non-hydrogen) atoms. The number of rotatable bonds is 2. The molecule has 0 bridgehead atoms. The van der Waals surface area contributed by atoms with Gasteiger partial charge in [-0.25, -0.2) is 4.39 Å². The third kappa shape index (κ3) is 3.91. The molecule has 122 valence electrons. The Balaban J connectivity index is 1.48. The zero-order valence-corrected chi connectivity index (χ0v) is 14.7. The van der Waals surface area contributed by atoms with E-state index in [1.807, 2.05) is 0 Å². The highest BCUT2D eigenvalue weighted by Crippen LogP contribution is 2.46. The number of hydrogen-bond donors (Lipinski definition) is 1. The first-order valence-corrected chi connectivity index (χ1v) is 10.1. The van der Waals surface area contributed by atoms with Gasteiger partial charge in [-0.15, -0.1) is 11.6 Å². The van der Waals surface area contributed by atoms with Crippen LogP contribution in [0.3, 0.4) is 0 Å². The Bertz CT molecular complexity index is 321. The number of alkyl halides is 2. The molecule has 0 amide bonds. The molecule has 0 radical (unpaired) electrons. The molecule has 0 nitrogen and oxygen atoms in total. The molecular formula is C18H30ClFS. The molecule has 3 unspecified atom stereocenters. The average Bonchev–Trinajstić information content (AvgIpc) is 2.51. The van der Waals surface area contributed by atoms with Gasteiger partial charge in [-0.2, -0.15) is 12.6 Å². The van der Waals surface area contributed by atoms with Crippen LogP contribution in [0.1, 0.15) is 70.6 Å². The Kier molecular flexibility index (Phi) is 5.81. The fourth-order valence-corrected chi connectivity index (χ4v) is 6.00. The molecule has 3 aliphatic carbocycles. The van der Waals surface area contributed by atoms with E-state index in [1.54, 1.807) is 0 Å². The van der Waals surface area contributed by atoms with E-state index in [-0.39, 0.29) is 5.38 Å². The van der Waals surface area contributed by atoms with Crippen molar-refractivity contribution in [3.05, 3.63) is 0 Å². The van der Waals surface area contributed by atoms with Crippen molar-refractivity contribution in [2.75, 3.05) is 0 Å². The molecule has 0 aromatic rings. The number of thiol groups is 1. The van der Waals surface area contributed by atoms with Crippen LogP contribution in [-0.4, -0.2) is 16.8 Å². The van der Waals surface area contributed by atoms with Crippen molar-refractivity contribution >= 4 is 24.2 Å². The normalized spacial score (nSPS) is 49.0. The molecule has 0 spiro atoms. The van der Waals surface area contributed by atoms with Crippen LogP contribution < -0.4 is 0 Å². The summed E-state index contributed by atoms with van der Waals surface area (Å²) in [5.41, 5.74) is 0. The van der Waals surface area contributed by atoms with Crippen LogP contribution in [0.5, 0.6) is 0 Å². The van der Waals surface area contributed by atoms with Crippen LogP contribution >= 0.6 is 24.2 Å². The minimum Gasteiger partial charge on any atom is -0.246 e. The monoisotopic (exact) mass is 332 g/mol. The molecule has 0 aromatic heterocycles. The second-order valence-corrected chi connectivity index (χ2v) is 9.03. The summed E-state index contributed by atoms with van der Waals surface area (Å²) >= 11 is 11.0. The zero-order valence-electron chi connectivity index (χ0n) is 13.0. The maximum Gasteiger partial charge on any atom is 0.117 e. The number of halogens is 2. The largest absolute Gasteiger partial charge is 0.246 e. The maximum absolute atomic E-state index is 13.8. The van der Waals surface area contributed by atoms with Crippen molar-refractivity contribution < 1.29 is 4.39 Å². The summed E-state index contributed by atoms with van der Waals surface area (Å²) < 4.78 is 13.8. The summed E-state index contributed by atoms with van der Waals surface area (Å²) in [6.07, 6.45) is 12.9. The van der Waals surface area contributed by atoms with Gasteiger partial charge in [0.25, 0.3) is 0 Å². The molecule has 0 heterocycles. The number of hydrogen-bond acceptors (Lipinski definition) is 1. The molecular weight excluding hydrogens is 303 g/mol. The first kappa shape index (κ1) is 16.4. The summed E-state index contributed by atoms with van der Waals surface area (Å²) in [4.78, 5) is 0. The van der Waals surface area contributed by atoms with Crippen molar-refractivity contribution in [2.45, 2.75) is 87.4 Å². The maximum atomic E-state index is 13.8. The van der Waals surface area contributed by atoms with E-state index in [9.17, 15) is 4.39 Å². The van der Waals surface area contributed by atoms with Crippen molar-refractivity contribution in [1.29, 1.82) is 0 Å². The Labute approximate surface area is 140 Å². The summed E-state index contributed by atoms with van der Waals surface area (Å²) in [5.74, 6) is 3.02. The van der Waals surface area contributed by atoms with E-state index in [4.69, 9.17) is 11.6 Å². The third-order valence-electron chi connectivity index (χ3n) is 6.60. The molecule has 3 atom stereocenters. The zero-order chi connectivity index (χ0) is 14.8. The summed E-state index contributed by atoms with van der Waals surface area (Å²) in [5, 5.41) is 0.443. The lowest BCUT2D eigenvalue weighted by molar-refractivity contribution is 0.101. The van der Waals surface area contributed by atoms with E-state index >= 15 is 0 Å². The van der Waals surface area contributed by atoms with Crippen molar-refractivity contribution in [3.8, 4) is 0 Å². The van der Waals surface area contributed by atoms with Gasteiger partial charge in [-0.05, 0) is 87.9 Å². The van der Waals surface area contributed by atoms with E-state index < -0.39 is 6.17 Å². The molecule has 3 aliphatic rings. The van der Waals surface area contributed by atoms with Crippen molar-refractivity contribution in [3.63, 3.8) is 0 Å². The van der Waals surface area contributed by atoms with Crippen LogP contribution in [0.25, 0.3) is 0 Å². The topological polar surface area (TPSA) is 0 Å². The highest BCUT2D eigenvalue weighted by molar-refractivity contribution is 7.80. The summed E-state index contributed by atoms with van der Waals surface area (Å²) in [7, 11) is 0. The summed E-state index contributed by atoms with van der Waals surface area (Å²) in [6, 6.07) is 0. The molecule has 3 fully saturated rings. The molecule has 0 saturated heterocycles. The highest BCUT2D eigenvalue weighted by Gasteiger charge is 2.39. The van der Waals surface area contributed by atoms with E-state index in [2.05, 4.69) is 12.6 Å². The van der Waals surface area contributed by atoms with E-state index in [0.29, 0.717) is 23.5 Å². The van der Waals surface area contributed by atoms with Gasteiger partial charge in [-0.3, -0.25) is 0 Å². The predicted molar refractivity (Wildman–Crippen MR) is 92.1 cm³/mol. The smallest absolute Gasteiger partial charge is 0.117 e. The van der Waals surface area contributed by atoms with Gasteiger partial charge in [-0.1, -0.05) is 6.42 Å². The van der Waals surface area contributed by atoms with Gasteiger partial charge >= 0.3 is 0 Å². The van der Waals surface area contributed by atoms with Gasteiger partial charge in [0.15, 0.2) is 0 Å². The Hall–Kier alpha value is 0.570. The first-order chi connectivity index (χ1) is 10.1.